The van der Waals surface area contributed by atoms with Crippen LogP contribution in [0, 0.1) is 0 Å². The molecular formula is C19H18N4O3. The van der Waals surface area contributed by atoms with E-state index in [4.69, 9.17) is 4.74 Å². The van der Waals surface area contributed by atoms with Gasteiger partial charge in [0.25, 0.3) is 5.91 Å². The van der Waals surface area contributed by atoms with E-state index in [1.165, 1.54) is 11.2 Å². The molecule has 0 fully saturated rings. The maximum atomic E-state index is 12.4. The smallest absolute Gasteiger partial charge is 0.338 e. The predicted molar refractivity (Wildman–Crippen MR) is 96.1 cm³/mol. The summed E-state index contributed by atoms with van der Waals surface area (Å²) in [7, 11) is 1.65. The van der Waals surface area contributed by atoms with Gasteiger partial charge in [0.2, 0.25) is 0 Å². The number of ether oxygens (including phenoxy) is 1. The van der Waals surface area contributed by atoms with Gasteiger partial charge in [-0.15, -0.1) is 0 Å². The SMILES string of the molecule is C[C@H](OC(=O)c1ccc(-n2cncn2)cc1)C(=O)N(C)c1ccccc1. The van der Waals surface area contributed by atoms with Gasteiger partial charge in [-0.3, -0.25) is 4.79 Å². The Labute approximate surface area is 150 Å². The fraction of sp³-hybridized carbons (Fsp3) is 0.158. The number of hydrogen-bond acceptors (Lipinski definition) is 5. The molecule has 0 aliphatic carbocycles. The Balaban J connectivity index is 1.64. The van der Waals surface area contributed by atoms with Gasteiger partial charge in [0.05, 0.1) is 11.3 Å². The second-order valence-electron chi connectivity index (χ2n) is 5.67. The van der Waals surface area contributed by atoms with Crippen LogP contribution < -0.4 is 4.90 Å². The van der Waals surface area contributed by atoms with Crippen LogP contribution in [0.5, 0.6) is 0 Å². The summed E-state index contributed by atoms with van der Waals surface area (Å²) >= 11 is 0. The van der Waals surface area contributed by atoms with Gasteiger partial charge in [0, 0.05) is 12.7 Å². The molecule has 0 aliphatic rings. The number of rotatable bonds is 5. The van der Waals surface area contributed by atoms with Gasteiger partial charge in [0.15, 0.2) is 6.10 Å². The summed E-state index contributed by atoms with van der Waals surface area (Å²) in [5, 5.41) is 4.02. The van der Waals surface area contributed by atoms with Crippen molar-refractivity contribution >= 4 is 17.6 Å². The van der Waals surface area contributed by atoms with Crippen molar-refractivity contribution in [2.24, 2.45) is 0 Å². The average molecular weight is 350 g/mol. The molecule has 7 nitrogen and oxygen atoms in total. The third-order valence-electron chi connectivity index (χ3n) is 3.89. The Morgan fingerprint density at radius 2 is 1.77 bits per heavy atom. The van der Waals surface area contributed by atoms with Crippen molar-refractivity contribution < 1.29 is 14.3 Å². The second-order valence-corrected chi connectivity index (χ2v) is 5.67. The molecule has 1 heterocycles. The predicted octanol–water partition coefficient (Wildman–Crippen LogP) is 2.48. The first-order chi connectivity index (χ1) is 12.6. The number of para-hydroxylation sites is 1. The van der Waals surface area contributed by atoms with Gasteiger partial charge in [0.1, 0.15) is 12.7 Å². The van der Waals surface area contributed by atoms with Crippen molar-refractivity contribution in [1.82, 2.24) is 14.8 Å². The number of likely N-dealkylation sites (N-methyl/N-ethyl adjacent to an activating group) is 1. The van der Waals surface area contributed by atoms with Crippen LogP contribution in [0.25, 0.3) is 5.69 Å². The van der Waals surface area contributed by atoms with E-state index >= 15 is 0 Å². The van der Waals surface area contributed by atoms with Gasteiger partial charge in [-0.05, 0) is 43.3 Å². The third kappa shape index (κ3) is 3.77. The van der Waals surface area contributed by atoms with Gasteiger partial charge in [-0.2, -0.15) is 5.10 Å². The Morgan fingerprint density at radius 1 is 1.08 bits per heavy atom. The summed E-state index contributed by atoms with van der Waals surface area (Å²) in [6, 6.07) is 15.9. The Morgan fingerprint density at radius 3 is 2.38 bits per heavy atom. The highest BCUT2D eigenvalue weighted by Gasteiger charge is 2.23. The average Bonchev–Trinajstić information content (AvgIpc) is 3.22. The van der Waals surface area contributed by atoms with Crippen molar-refractivity contribution in [3.63, 3.8) is 0 Å². The minimum atomic E-state index is -0.900. The van der Waals surface area contributed by atoms with Crippen molar-refractivity contribution in [1.29, 1.82) is 0 Å². The van der Waals surface area contributed by atoms with E-state index in [-0.39, 0.29) is 5.91 Å². The molecule has 0 unspecified atom stereocenters. The molecule has 1 aromatic heterocycles. The number of carbonyl (C=O) groups is 2. The molecule has 0 saturated heterocycles. The first kappa shape index (κ1) is 17.3. The topological polar surface area (TPSA) is 77.3 Å². The lowest BCUT2D eigenvalue weighted by Crippen LogP contribution is -2.37. The molecule has 26 heavy (non-hydrogen) atoms. The molecule has 0 saturated carbocycles. The largest absolute Gasteiger partial charge is 0.449 e. The minimum Gasteiger partial charge on any atom is -0.449 e. The highest BCUT2D eigenvalue weighted by atomic mass is 16.5. The van der Waals surface area contributed by atoms with E-state index in [0.29, 0.717) is 5.56 Å². The van der Waals surface area contributed by atoms with E-state index < -0.39 is 12.1 Å². The first-order valence-electron chi connectivity index (χ1n) is 8.05. The van der Waals surface area contributed by atoms with Crippen LogP contribution in [0.2, 0.25) is 0 Å². The van der Waals surface area contributed by atoms with Gasteiger partial charge < -0.3 is 9.64 Å². The molecule has 1 atom stereocenters. The Hall–Kier alpha value is -3.48. The fourth-order valence-electron chi connectivity index (χ4n) is 2.42. The maximum Gasteiger partial charge on any atom is 0.338 e. The number of nitrogens with zero attached hydrogens (tertiary/aromatic N) is 4. The standard InChI is InChI=1S/C19H18N4O3/c1-14(18(24)22(2)16-6-4-3-5-7-16)26-19(25)15-8-10-17(11-9-15)23-13-20-12-21-23/h3-14H,1-2H3/t14-/m0/s1. The fourth-order valence-corrected chi connectivity index (χ4v) is 2.42. The zero-order valence-corrected chi connectivity index (χ0v) is 14.4. The van der Waals surface area contributed by atoms with E-state index in [2.05, 4.69) is 10.1 Å². The van der Waals surface area contributed by atoms with Crippen molar-refractivity contribution in [3.8, 4) is 5.69 Å². The molecule has 132 valence electrons. The molecular weight excluding hydrogens is 332 g/mol. The van der Waals surface area contributed by atoms with Crippen molar-refractivity contribution in [3.05, 3.63) is 72.8 Å². The van der Waals surface area contributed by atoms with Crippen LogP contribution in [-0.2, 0) is 9.53 Å². The molecule has 1 amide bonds. The molecule has 0 aliphatic heterocycles. The monoisotopic (exact) mass is 350 g/mol. The highest BCUT2D eigenvalue weighted by Crippen LogP contribution is 2.15. The van der Waals surface area contributed by atoms with Crippen LogP contribution in [-0.4, -0.2) is 39.8 Å². The van der Waals surface area contributed by atoms with Crippen molar-refractivity contribution in [2.45, 2.75) is 13.0 Å². The number of anilines is 1. The highest BCUT2D eigenvalue weighted by molar-refractivity contribution is 5.98. The second kappa shape index (κ2) is 7.60. The van der Waals surface area contributed by atoms with Crippen LogP contribution in [0.15, 0.2) is 67.3 Å². The Bertz CT molecular complexity index is 877. The summed E-state index contributed by atoms with van der Waals surface area (Å²) in [5.74, 6) is -0.860. The lowest BCUT2D eigenvalue weighted by atomic mass is 10.2. The summed E-state index contributed by atoms with van der Waals surface area (Å²) in [6.45, 7) is 1.56. The zero-order chi connectivity index (χ0) is 18.5. The van der Waals surface area contributed by atoms with Gasteiger partial charge in [-0.1, -0.05) is 18.2 Å². The first-order valence-corrected chi connectivity index (χ1v) is 8.05. The molecule has 0 spiro atoms. The quantitative estimate of drug-likeness (QED) is 0.661. The number of carbonyl (C=O) groups excluding carboxylic acids is 2. The number of aromatic nitrogens is 3. The maximum absolute atomic E-state index is 12.4. The summed E-state index contributed by atoms with van der Waals surface area (Å²) in [4.78, 5) is 30.1. The summed E-state index contributed by atoms with van der Waals surface area (Å²) in [6.07, 6.45) is 2.09. The molecule has 0 N–H and O–H groups in total. The molecule has 2 aromatic carbocycles. The number of esters is 1. The van der Waals surface area contributed by atoms with Gasteiger partial charge >= 0.3 is 5.97 Å². The summed E-state index contributed by atoms with van der Waals surface area (Å²) in [5.41, 5.74) is 1.86. The molecule has 3 aromatic rings. The number of amides is 1. The number of benzene rings is 2. The van der Waals surface area contributed by atoms with Gasteiger partial charge in [-0.25, -0.2) is 14.5 Å². The minimum absolute atomic E-state index is 0.302. The van der Waals surface area contributed by atoms with E-state index in [0.717, 1.165) is 11.4 Å². The lowest BCUT2D eigenvalue weighted by molar-refractivity contribution is -0.126. The van der Waals surface area contributed by atoms with Crippen LogP contribution >= 0.6 is 0 Å². The molecule has 0 bridgehead atoms. The molecule has 0 radical (unpaired) electrons. The summed E-state index contributed by atoms with van der Waals surface area (Å²) < 4.78 is 6.89. The Kier molecular flexibility index (Phi) is 5.07. The van der Waals surface area contributed by atoms with E-state index in [1.54, 1.807) is 49.2 Å². The van der Waals surface area contributed by atoms with E-state index in [1.807, 2.05) is 30.3 Å². The zero-order valence-electron chi connectivity index (χ0n) is 14.4. The van der Waals surface area contributed by atoms with Crippen LogP contribution in [0.1, 0.15) is 17.3 Å². The lowest BCUT2D eigenvalue weighted by Gasteiger charge is -2.21. The molecule has 7 heteroatoms. The van der Waals surface area contributed by atoms with Crippen LogP contribution in [0.3, 0.4) is 0 Å². The third-order valence-corrected chi connectivity index (χ3v) is 3.89. The van der Waals surface area contributed by atoms with E-state index in [9.17, 15) is 9.59 Å². The number of hydrogen-bond donors (Lipinski definition) is 0. The molecule has 3 rings (SSSR count). The van der Waals surface area contributed by atoms with Crippen LogP contribution in [0.4, 0.5) is 5.69 Å². The normalized spacial score (nSPS) is 11.6. The van der Waals surface area contributed by atoms with Crippen molar-refractivity contribution in [2.75, 3.05) is 11.9 Å².